The van der Waals surface area contributed by atoms with Crippen LogP contribution in [0.1, 0.15) is 17.1 Å². The van der Waals surface area contributed by atoms with Gasteiger partial charge in [-0.25, -0.2) is 4.52 Å². The number of fused-ring (bicyclic) bond motifs is 3. The molecule has 0 spiro atoms. The number of ether oxygens (including phenoxy) is 1. The van der Waals surface area contributed by atoms with Crippen LogP contribution in [0.25, 0.3) is 5.71 Å². The van der Waals surface area contributed by atoms with Crippen LogP contribution in [-0.2, 0) is 24.4 Å². The summed E-state index contributed by atoms with van der Waals surface area (Å²) in [7, 11) is 0. The highest BCUT2D eigenvalue weighted by atomic mass is 16.5. The second-order valence-corrected chi connectivity index (χ2v) is 3.32. The fourth-order valence-corrected chi connectivity index (χ4v) is 1.75. The number of rotatable bonds is 1. The maximum atomic E-state index is 8.92. The summed E-state index contributed by atoms with van der Waals surface area (Å²) in [4.78, 5) is 0. The van der Waals surface area contributed by atoms with Crippen molar-refractivity contribution in [3.63, 3.8) is 0 Å². The average molecular weight is 194 g/mol. The van der Waals surface area contributed by atoms with Crippen molar-refractivity contribution in [3.8, 4) is 0 Å². The zero-order chi connectivity index (χ0) is 9.54. The van der Waals surface area contributed by atoms with Gasteiger partial charge in [0.05, 0.1) is 24.6 Å². The van der Waals surface area contributed by atoms with Crippen LogP contribution in [0.4, 0.5) is 0 Å². The van der Waals surface area contributed by atoms with E-state index in [1.165, 1.54) is 0 Å². The monoisotopic (exact) mass is 194 g/mol. The third-order valence-electron chi connectivity index (χ3n) is 2.41. The Bertz CT molecular complexity index is 472. The smallest absolute Gasteiger partial charge is 0.222 e. The van der Waals surface area contributed by atoms with Gasteiger partial charge in [0.2, 0.25) is 5.71 Å². The Balaban J connectivity index is 2.21. The summed E-state index contributed by atoms with van der Waals surface area (Å²) < 4.78 is 12.6. The van der Waals surface area contributed by atoms with Gasteiger partial charge in [-0.3, -0.25) is 0 Å². The molecule has 2 aromatic rings. The second-order valence-electron chi connectivity index (χ2n) is 3.32. The zero-order valence-electron chi connectivity index (χ0n) is 7.56. The lowest BCUT2D eigenvalue weighted by molar-refractivity contribution is 0.0939. The van der Waals surface area contributed by atoms with Gasteiger partial charge in [-0.2, -0.15) is 5.10 Å². The van der Waals surface area contributed by atoms with Crippen LogP contribution in [0.5, 0.6) is 0 Å². The predicted molar refractivity (Wildman–Crippen MR) is 46.7 cm³/mol. The van der Waals surface area contributed by atoms with E-state index in [2.05, 4.69) is 5.10 Å². The Morgan fingerprint density at radius 1 is 1.57 bits per heavy atom. The van der Waals surface area contributed by atoms with E-state index in [-0.39, 0.29) is 6.61 Å². The summed E-state index contributed by atoms with van der Waals surface area (Å²) in [6, 6.07) is 1.75. The van der Waals surface area contributed by atoms with Crippen LogP contribution in [0.15, 0.2) is 10.5 Å². The average Bonchev–Trinajstić information content (AvgIpc) is 2.73. The normalized spacial score (nSPS) is 16.1. The lowest BCUT2D eigenvalue weighted by Gasteiger charge is -2.09. The molecule has 2 aromatic heterocycles. The van der Waals surface area contributed by atoms with Gasteiger partial charge in [0, 0.05) is 12.5 Å². The third kappa shape index (κ3) is 0.995. The van der Waals surface area contributed by atoms with E-state index in [1.807, 2.05) is 0 Å². The van der Waals surface area contributed by atoms with E-state index in [0.29, 0.717) is 24.6 Å². The first kappa shape index (κ1) is 8.02. The predicted octanol–water partition coefficient (Wildman–Crippen LogP) is 0.492. The number of aliphatic hydroxyl groups is 1. The number of oxazole rings is 1. The van der Waals surface area contributed by atoms with Crippen molar-refractivity contribution in [3.05, 3.63) is 23.2 Å². The number of hydrogen-bond acceptors (Lipinski definition) is 4. The Morgan fingerprint density at radius 2 is 2.50 bits per heavy atom. The first-order valence-electron chi connectivity index (χ1n) is 4.56. The highest BCUT2D eigenvalue weighted by molar-refractivity contribution is 5.39. The standard InChI is InChI=1S/C9H10N2O3/c12-4-6-3-9-11(10-6)7-1-2-13-5-8(7)14-9/h3,12H,1-2,4-5H2. The van der Waals surface area contributed by atoms with E-state index in [0.717, 1.165) is 17.9 Å². The van der Waals surface area contributed by atoms with E-state index in [4.69, 9.17) is 14.3 Å². The summed E-state index contributed by atoms with van der Waals surface area (Å²) >= 11 is 0. The fraction of sp³-hybridized carbons (Fsp3) is 0.444. The SMILES string of the molecule is OCc1cc2oc3c(n2n1)CCOC3. The lowest BCUT2D eigenvalue weighted by atomic mass is 10.2. The van der Waals surface area contributed by atoms with Gasteiger partial charge in [0.15, 0.2) is 5.76 Å². The molecule has 0 radical (unpaired) electrons. The summed E-state index contributed by atoms with van der Waals surface area (Å²) in [6.45, 7) is 1.17. The van der Waals surface area contributed by atoms with Crippen molar-refractivity contribution in [1.29, 1.82) is 0 Å². The van der Waals surface area contributed by atoms with E-state index < -0.39 is 0 Å². The van der Waals surface area contributed by atoms with Crippen molar-refractivity contribution in [2.24, 2.45) is 0 Å². The maximum Gasteiger partial charge on any atom is 0.222 e. The van der Waals surface area contributed by atoms with Gasteiger partial charge >= 0.3 is 0 Å². The minimum absolute atomic E-state index is 0.0531. The quantitative estimate of drug-likeness (QED) is 0.717. The van der Waals surface area contributed by atoms with Gasteiger partial charge in [-0.1, -0.05) is 0 Å². The fourth-order valence-electron chi connectivity index (χ4n) is 1.75. The molecule has 1 aliphatic heterocycles. The number of aromatic nitrogens is 2. The van der Waals surface area contributed by atoms with Gasteiger partial charge in [0.1, 0.15) is 6.61 Å². The molecule has 0 saturated heterocycles. The summed E-state index contributed by atoms with van der Waals surface area (Å²) in [5, 5.41) is 13.1. The molecule has 0 aliphatic carbocycles. The molecule has 5 nitrogen and oxygen atoms in total. The molecule has 74 valence electrons. The highest BCUT2D eigenvalue weighted by Crippen LogP contribution is 2.22. The van der Waals surface area contributed by atoms with Crippen LogP contribution in [0.2, 0.25) is 0 Å². The molecule has 3 rings (SSSR count). The van der Waals surface area contributed by atoms with E-state index >= 15 is 0 Å². The van der Waals surface area contributed by atoms with Crippen LogP contribution < -0.4 is 0 Å². The molecule has 1 N–H and O–H groups in total. The number of nitrogens with zero attached hydrogens (tertiary/aromatic N) is 2. The second kappa shape index (κ2) is 2.83. The summed E-state index contributed by atoms with van der Waals surface area (Å²) in [5.74, 6) is 0.850. The molecule has 0 bridgehead atoms. The van der Waals surface area contributed by atoms with Crippen LogP contribution >= 0.6 is 0 Å². The topological polar surface area (TPSA) is 59.9 Å². The Hall–Kier alpha value is -1.33. The van der Waals surface area contributed by atoms with Gasteiger partial charge < -0.3 is 14.3 Å². The van der Waals surface area contributed by atoms with Crippen molar-refractivity contribution < 1.29 is 14.3 Å². The maximum absolute atomic E-state index is 8.92. The molecule has 0 amide bonds. The molecule has 0 aromatic carbocycles. The van der Waals surface area contributed by atoms with Crippen molar-refractivity contribution in [2.45, 2.75) is 19.6 Å². The molecule has 0 fully saturated rings. The lowest BCUT2D eigenvalue weighted by Crippen LogP contribution is -2.10. The molecular weight excluding hydrogens is 184 g/mol. The molecule has 0 atom stereocenters. The molecule has 1 aliphatic rings. The van der Waals surface area contributed by atoms with E-state index in [9.17, 15) is 0 Å². The summed E-state index contributed by atoms with van der Waals surface area (Å²) in [5.41, 5.74) is 2.38. The first-order chi connectivity index (χ1) is 6.88. The minimum atomic E-state index is -0.0531. The first-order valence-corrected chi connectivity index (χ1v) is 4.56. The highest BCUT2D eigenvalue weighted by Gasteiger charge is 2.19. The summed E-state index contributed by atoms with van der Waals surface area (Å²) in [6.07, 6.45) is 0.814. The number of hydrogen-bond donors (Lipinski definition) is 1. The van der Waals surface area contributed by atoms with E-state index in [1.54, 1.807) is 10.6 Å². The van der Waals surface area contributed by atoms with Crippen LogP contribution in [0.3, 0.4) is 0 Å². The zero-order valence-corrected chi connectivity index (χ0v) is 7.56. The third-order valence-corrected chi connectivity index (χ3v) is 2.41. The van der Waals surface area contributed by atoms with Gasteiger partial charge in [-0.15, -0.1) is 0 Å². The van der Waals surface area contributed by atoms with Gasteiger partial charge in [0.25, 0.3) is 0 Å². The van der Waals surface area contributed by atoms with Crippen molar-refractivity contribution in [2.75, 3.05) is 6.61 Å². The van der Waals surface area contributed by atoms with Crippen molar-refractivity contribution >= 4 is 5.71 Å². The molecule has 14 heavy (non-hydrogen) atoms. The van der Waals surface area contributed by atoms with Crippen LogP contribution in [-0.4, -0.2) is 21.3 Å². The molecule has 5 heteroatoms. The Labute approximate surface area is 79.9 Å². The molecule has 0 saturated carbocycles. The largest absolute Gasteiger partial charge is 0.439 e. The molecular formula is C9H10N2O3. The van der Waals surface area contributed by atoms with Crippen LogP contribution in [0, 0.1) is 0 Å². The molecule has 0 unspecified atom stereocenters. The molecule has 3 heterocycles. The minimum Gasteiger partial charge on any atom is -0.439 e. The number of aliphatic hydroxyl groups excluding tert-OH is 1. The Kier molecular flexibility index (Phi) is 1.62. The Morgan fingerprint density at radius 3 is 3.36 bits per heavy atom. The van der Waals surface area contributed by atoms with Gasteiger partial charge in [-0.05, 0) is 0 Å². The van der Waals surface area contributed by atoms with Crippen molar-refractivity contribution in [1.82, 2.24) is 9.61 Å².